The fraction of sp³-hybridized carbons (Fsp3) is 0.158. The molecule has 1 aliphatic rings. The summed E-state index contributed by atoms with van der Waals surface area (Å²) in [6.07, 6.45) is 1.70. The number of carbonyl (C=O) groups excluding carboxylic acids is 1. The molecule has 1 fully saturated rings. The Balaban J connectivity index is 1.92. The molecule has 0 radical (unpaired) electrons. The summed E-state index contributed by atoms with van der Waals surface area (Å²) >= 11 is 5.33. The molecule has 6 nitrogen and oxygen atoms in total. The Morgan fingerprint density at radius 1 is 0.962 bits per heavy atom. The highest BCUT2D eigenvalue weighted by Crippen LogP contribution is 2.29. The Kier molecular flexibility index (Phi) is 5.09. The third-order valence-electron chi connectivity index (χ3n) is 3.95. The monoisotopic (exact) mass is 370 g/mol. The molecule has 0 unspecified atom stereocenters. The summed E-state index contributed by atoms with van der Waals surface area (Å²) in [5, 5.41) is 3.28. The predicted octanol–water partition coefficient (Wildman–Crippen LogP) is 2.97. The van der Waals surface area contributed by atoms with Crippen LogP contribution in [0.5, 0.6) is 17.2 Å². The van der Waals surface area contributed by atoms with Crippen molar-refractivity contribution in [3.05, 3.63) is 53.7 Å². The molecule has 1 saturated heterocycles. The van der Waals surface area contributed by atoms with Crippen molar-refractivity contribution in [1.82, 2.24) is 5.32 Å². The number of benzene rings is 2. The quantitative estimate of drug-likeness (QED) is 0.645. The molecule has 3 rings (SSSR count). The van der Waals surface area contributed by atoms with E-state index >= 15 is 0 Å². The summed E-state index contributed by atoms with van der Waals surface area (Å²) in [7, 11) is 4.74. The molecule has 0 atom stereocenters. The number of methoxy groups -OCH3 is 3. The minimum absolute atomic E-state index is 0.238. The molecule has 2 aromatic carbocycles. The normalized spacial score (nSPS) is 15.2. The second kappa shape index (κ2) is 7.45. The maximum Gasteiger partial charge on any atom is 0.281 e. The van der Waals surface area contributed by atoms with Crippen molar-refractivity contribution in [2.75, 3.05) is 26.2 Å². The van der Waals surface area contributed by atoms with Crippen LogP contribution in [0.15, 0.2) is 48.2 Å². The highest BCUT2D eigenvalue weighted by Gasteiger charge is 2.32. The fourth-order valence-electron chi connectivity index (χ4n) is 2.59. The fourth-order valence-corrected chi connectivity index (χ4v) is 2.89. The van der Waals surface area contributed by atoms with E-state index in [-0.39, 0.29) is 5.91 Å². The number of carbonyl (C=O) groups is 1. The molecule has 2 aromatic rings. The topological polar surface area (TPSA) is 60.0 Å². The number of nitrogens with one attached hydrogen (secondary N) is 1. The van der Waals surface area contributed by atoms with Gasteiger partial charge in [-0.25, -0.2) is 0 Å². The van der Waals surface area contributed by atoms with Gasteiger partial charge in [0.2, 0.25) is 0 Å². The first-order chi connectivity index (χ1) is 12.6. The summed E-state index contributed by atoms with van der Waals surface area (Å²) in [6.45, 7) is 0. The molecule has 0 saturated carbocycles. The van der Waals surface area contributed by atoms with Gasteiger partial charge in [0.1, 0.15) is 22.9 Å². The Bertz CT molecular complexity index is 878. The number of anilines is 1. The minimum Gasteiger partial charge on any atom is -0.497 e. The molecule has 1 amide bonds. The van der Waals surface area contributed by atoms with Crippen molar-refractivity contribution in [1.29, 1.82) is 0 Å². The summed E-state index contributed by atoms with van der Waals surface area (Å²) in [4.78, 5) is 14.2. The van der Waals surface area contributed by atoms with Crippen LogP contribution in [0.25, 0.3) is 6.08 Å². The van der Waals surface area contributed by atoms with E-state index in [1.54, 1.807) is 63.8 Å². The Hall–Kier alpha value is -3.06. The maximum absolute atomic E-state index is 12.8. The van der Waals surface area contributed by atoms with Crippen LogP contribution in [0.2, 0.25) is 0 Å². The van der Waals surface area contributed by atoms with E-state index in [9.17, 15) is 4.79 Å². The van der Waals surface area contributed by atoms with Gasteiger partial charge in [0, 0.05) is 11.6 Å². The van der Waals surface area contributed by atoms with Crippen molar-refractivity contribution in [2.24, 2.45) is 0 Å². The van der Waals surface area contributed by atoms with Crippen molar-refractivity contribution >= 4 is 35.0 Å². The van der Waals surface area contributed by atoms with Gasteiger partial charge < -0.3 is 19.5 Å². The van der Waals surface area contributed by atoms with Gasteiger partial charge in [0.25, 0.3) is 5.91 Å². The van der Waals surface area contributed by atoms with E-state index in [1.807, 2.05) is 6.07 Å². The molecule has 7 heteroatoms. The molecular formula is C19H18N2O4S. The summed E-state index contributed by atoms with van der Waals surface area (Å²) < 4.78 is 15.7. The Labute approximate surface area is 157 Å². The van der Waals surface area contributed by atoms with Gasteiger partial charge in [-0.1, -0.05) is 0 Å². The zero-order valence-electron chi connectivity index (χ0n) is 14.6. The zero-order chi connectivity index (χ0) is 18.7. The molecule has 0 aromatic heterocycles. The average Bonchev–Trinajstić information content (AvgIpc) is 2.95. The molecule has 26 heavy (non-hydrogen) atoms. The first kappa shape index (κ1) is 17.8. The van der Waals surface area contributed by atoms with E-state index < -0.39 is 0 Å². The number of hydrogen-bond donors (Lipinski definition) is 1. The van der Waals surface area contributed by atoms with Gasteiger partial charge in [-0.3, -0.25) is 9.69 Å². The van der Waals surface area contributed by atoms with E-state index in [4.69, 9.17) is 26.4 Å². The molecule has 0 bridgehead atoms. The smallest absolute Gasteiger partial charge is 0.281 e. The standard InChI is InChI=1S/C19H18N2O4S/c1-23-14-8-5-13(6-9-14)21-18(22)16(20-19(21)26)10-12-4-7-15(24-2)11-17(12)25-3/h4-11H,1-3H3,(H,20,26)/b16-10+. The Morgan fingerprint density at radius 2 is 1.62 bits per heavy atom. The van der Waals surface area contributed by atoms with Gasteiger partial charge in [-0.05, 0) is 54.7 Å². The van der Waals surface area contributed by atoms with E-state index in [2.05, 4.69) is 5.32 Å². The summed E-state index contributed by atoms with van der Waals surface area (Å²) in [6, 6.07) is 12.5. The van der Waals surface area contributed by atoms with Crippen LogP contribution < -0.4 is 24.4 Å². The largest absolute Gasteiger partial charge is 0.497 e. The molecular weight excluding hydrogens is 352 g/mol. The third-order valence-corrected chi connectivity index (χ3v) is 4.23. The first-order valence-corrected chi connectivity index (χ1v) is 8.21. The number of rotatable bonds is 5. The molecule has 1 heterocycles. The lowest BCUT2D eigenvalue weighted by molar-refractivity contribution is -0.113. The number of nitrogens with zero attached hydrogens (tertiary/aromatic N) is 1. The number of ether oxygens (including phenoxy) is 3. The van der Waals surface area contributed by atoms with Crippen LogP contribution in [-0.2, 0) is 4.79 Å². The number of hydrogen-bond acceptors (Lipinski definition) is 5. The van der Waals surface area contributed by atoms with Crippen LogP contribution in [0.3, 0.4) is 0 Å². The Morgan fingerprint density at radius 3 is 2.23 bits per heavy atom. The molecule has 0 spiro atoms. The highest BCUT2D eigenvalue weighted by molar-refractivity contribution is 7.80. The van der Waals surface area contributed by atoms with Gasteiger partial charge in [-0.15, -0.1) is 0 Å². The molecule has 0 aliphatic carbocycles. The highest BCUT2D eigenvalue weighted by atomic mass is 32.1. The predicted molar refractivity (Wildman–Crippen MR) is 104 cm³/mol. The summed E-state index contributed by atoms with van der Waals surface area (Å²) in [5.41, 5.74) is 1.77. The van der Waals surface area contributed by atoms with Gasteiger partial charge >= 0.3 is 0 Å². The van der Waals surface area contributed by atoms with E-state index in [0.29, 0.717) is 33.7 Å². The number of amides is 1. The first-order valence-electron chi connectivity index (χ1n) is 7.80. The maximum atomic E-state index is 12.8. The molecule has 134 valence electrons. The molecule has 1 N–H and O–H groups in total. The van der Waals surface area contributed by atoms with Gasteiger partial charge in [0.05, 0.1) is 27.0 Å². The lowest BCUT2D eigenvalue weighted by atomic mass is 10.1. The van der Waals surface area contributed by atoms with E-state index in [1.165, 1.54) is 4.90 Å². The van der Waals surface area contributed by atoms with Crippen LogP contribution >= 0.6 is 12.2 Å². The van der Waals surface area contributed by atoms with Crippen LogP contribution in [0.4, 0.5) is 5.69 Å². The van der Waals surface area contributed by atoms with Crippen molar-refractivity contribution in [3.8, 4) is 17.2 Å². The lowest BCUT2D eigenvalue weighted by Crippen LogP contribution is -2.30. The number of thiocarbonyl (C=S) groups is 1. The lowest BCUT2D eigenvalue weighted by Gasteiger charge is -2.14. The van der Waals surface area contributed by atoms with Crippen LogP contribution in [0, 0.1) is 0 Å². The molecule has 1 aliphatic heterocycles. The average molecular weight is 370 g/mol. The van der Waals surface area contributed by atoms with Gasteiger partial charge in [0.15, 0.2) is 5.11 Å². The second-order valence-electron chi connectivity index (χ2n) is 5.43. The van der Waals surface area contributed by atoms with Crippen molar-refractivity contribution in [3.63, 3.8) is 0 Å². The van der Waals surface area contributed by atoms with E-state index in [0.717, 1.165) is 5.56 Å². The third kappa shape index (κ3) is 3.34. The summed E-state index contributed by atoms with van der Waals surface area (Å²) in [5.74, 6) is 1.74. The SMILES string of the molecule is COc1ccc(N2C(=O)/C(=C\c3ccc(OC)cc3OC)NC2=S)cc1. The van der Waals surface area contributed by atoms with Crippen LogP contribution in [-0.4, -0.2) is 32.3 Å². The van der Waals surface area contributed by atoms with Crippen molar-refractivity contribution < 1.29 is 19.0 Å². The second-order valence-corrected chi connectivity index (χ2v) is 5.82. The van der Waals surface area contributed by atoms with Crippen molar-refractivity contribution in [2.45, 2.75) is 0 Å². The zero-order valence-corrected chi connectivity index (χ0v) is 15.4. The van der Waals surface area contributed by atoms with Gasteiger partial charge in [-0.2, -0.15) is 0 Å². The minimum atomic E-state index is -0.238. The van der Waals surface area contributed by atoms with Crippen LogP contribution in [0.1, 0.15) is 5.56 Å².